The summed E-state index contributed by atoms with van der Waals surface area (Å²) in [7, 11) is 1.96. The van der Waals surface area contributed by atoms with Gasteiger partial charge in [-0.2, -0.15) is 0 Å². The lowest BCUT2D eigenvalue weighted by Crippen LogP contribution is -2.52. The molecule has 0 saturated carbocycles. The third-order valence-electron chi connectivity index (χ3n) is 3.32. The number of imidazole rings is 1. The van der Waals surface area contributed by atoms with Crippen LogP contribution >= 0.6 is 0 Å². The molecule has 1 aliphatic rings. The lowest BCUT2D eigenvalue weighted by Gasteiger charge is -2.33. The van der Waals surface area contributed by atoms with Gasteiger partial charge in [-0.1, -0.05) is 13.8 Å². The van der Waals surface area contributed by atoms with Gasteiger partial charge in [-0.25, -0.2) is 4.98 Å². The standard InChI is InChI=1S/C13H22N4O/c1-10(2)15-11-5-4-7-17(13(11)18)9-12-14-6-8-16(12)3/h6,8,10-11,15H,4-5,7,9H2,1-3H3. The number of carbonyl (C=O) groups is 1. The van der Waals surface area contributed by atoms with Crippen LogP contribution in [0.15, 0.2) is 12.4 Å². The summed E-state index contributed by atoms with van der Waals surface area (Å²) < 4.78 is 1.97. The van der Waals surface area contributed by atoms with Crippen molar-refractivity contribution in [3.8, 4) is 0 Å². The first kappa shape index (κ1) is 13.1. The van der Waals surface area contributed by atoms with Crippen LogP contribution in [0.2, 0.25) is 0 Å². The Labute approximate surface area is 108 Å². The molecule has 1 atom stereocenters. The Balaban J connectivity index is 2.00. The number of nitrogens with one attached hydrogen (secondary N) is 1. The van der Waals surface area contributed by atoms with Crippen LogP contribution < -0.4 is 5.32 Å². The molecule has 0 bridgehead atoms. The maximum Gasteiger partial charge on any atom is 0.240 e. The number of aryl methyl sites for hydroxylation is 1. The molecule has 18 heavy (non-hydrogen) atoms. The second kappa shape index (κ2) is 5.52. The summed E-state index contributed by atoms with van der Waals surface area (Å²) >= 11 is 0. The summed E-state index contributed by atoms with van der Waals surface area (Å²) in [6.45, 7) is 5.59. The first-order valence-corrected chi connectivity index (χ1v) is 6.59. The van der Waals surface area contributed by atoms with Gasteiger partial charge in [0.1, 0.15) is 5.82 Å². The average molecular weight is 250 g/mol. The van der Waals surface area contributed by atoms with Crippen LogP contribution in [0.25, 0.3) is 0 Å². The molecule has 1 aromatic rings. The monoisotopic (exact) mass is 250 g/mol. The van der Waals surface area contributed by atoms with Crippen molar-refractivity contribution in [1.82, 2.24) is 19.8 Å². The van der Waals surface area contributed by atoms with Crippen LogP contribution in [0.4, 0.5) is 0 Å². The van der Waals surface area contributed by atoms with Crippen LogP contribution in [-0.2, 0) is 18.4 Å². The van der Waals surface area contributed by atoms with Crippen molar-refractivity contribution < 1.29 is 4.79 Å². The minimum Gasteiger partial charge on any atom is -0.337 e. The zero-order valence-corrected chi connectivity index (χ0v) is 11.4. The molecule has 2 heterocycles. The van der Waals surface area contributed by atoms with E-state index in [1.807, 2.05) is 22.7 Å². The lowest BCUT2D eigenvalue weighted by molar-refractivity contribution is -0.137. The van der Waals surface area contributed by atoms with Crippen molar-refractivity contribution in [3.63, 3.8) is 0 Å². The van der Waals surface area contributed by atoms with Crippen LogP contribution in [-0.4, -0.2) is 39.0 Å². The molecule has 1 aliphatic heterocycles. The van der Waals surface area contributed by atoms with Crippen molar-refractivity contribution in [1.29, 1.82) is 0 Å². The van der Waals surface area contributed by atoms with Gasteiger partial charge in [-0.15, -0.1) is 0 Å². The van der Waals surface area contributed by atoms with Gasteiger partial charge in [0.2, 0.25) is 5.91 Å². The minimum absolute atomic E-state index is 0.0287. The Morgan fingerprint density at radius 3 is 2.94 bits per heavy atom. The largest absolute Gasteiger partial charge is 0.337 e. The fraction of sp³-hybridized carbons (Fsp3) is 0.692. The molecule has 1 saturated heterocycles. The Morgan fingerprint density at radius 2 is 2.33 bits per heavy atom. The van der Waals surface area contributed by atoms with E-state index < -0.39 is 0 Å². The fourth-order valence-corrected chi connectivity index (χ4v) is 2.37. The molecule has 100 valence electrons. The maximum absolute atomic E-state index is 12.3. The molecule has 2 rings (SSSR count). The maximum atomic E-state index is 12.3. The first-order valence-electron chi connectivity index (χ1n) is 6.59. The SMILES string of the molecule is CC(C)NC1CCCN(Cc2nccn2C)C1=O. The average Bonchev–Trinajstić information content (AvgIpc) is 2.70. The van der Waals surface area contributed by atoms with E-state index in [4.69, 9.17) is 0 Å². The molecule has 0 aromatic carbocycles. The van der Waals surface area contributed by atoms with E-state index in [0.717, 1.165) is 25.2 Å². The Hall–Kier alpha value is -1.36. The second-order valence-electron chi connectivity index (χ2n) is 5.23. The molecule has 1 aromatic heterocycles. The minimum atomic E-state index is -0.0287. The molecular weight excluding hydrogens is 228 g/mol. The van der Waals surface area contributed by atoms with E-state index in [9.17, 15) is 4.79 Å². The van der Waals surface area contributed by atoms with Crippen molar-refractivity contribution in [3.05, 3.63) is 18.2 Å². The number of hydrogen-bond donors (Lipinski definition) is 1. The van der Waals surface area contributed by atoms with E-state index >= 15 is 0 Å². The van der Waals surface area contributed by atoms with Crippen LogP contribution in [0, 0.1) is 0 Å². The Bertz CT molecular complexity index is 413. The van der Waals surface area contributed by atoms with Gasteiger partial charge >= 0.3 is 0 Å². The number of likely N-dealkylation sites (tertiary alicyclic amines) is 1. The summed E-state index contributed by atoms with van der Waals surface area (Å²) in [5.74, 6) is 1.14. The summed E-state index contributed by atoms with van der Waals surface area (Å²) in [4.78, 5) is 18.5. The first-order chi connectivity index (χ1) is 8.58. The third-order valence-corrected chi connectivity index (χ3v) is 3.32. The molecule has 1 unspecified atom stereocenters. The van der Waals surface area contributed by atoms with E-state index in [-0.39, 0.29) is 11.9 Å². The van der Waals surface area contributed by atoms with E-state index in [2.05, 4.69) is 24.1 Å². The highest BCUT2D eigenvalue weighted by Gasteiger charge is 2.29. The van der Waals surface area contributed by atoms with Gasteiger partial charge in [0.05, 0.1) is 12.6 Å². The summed E-state index contributed by atoms with van der Waals surface area (Å²) in [5.41, 5.74) is 0. The fourth-order valence-electron chi connectivity index (χ4n) is 2.37. The Morgan fingerprint density at radius 1 is 1.56 bits per heavy atom. The molecule has 0 radical (unpaired) electrons. The van der Waals surface area contributed by atoms with Crippen molar-refractivity contribution in [2.75, 3.05) is 6.54 Å². The quantitative estimate of drug-likeness (QED) is 0.864. The molecular formula is C13H22N4O. The number of piperidine rings is 1. The number of hydrogen-bond acceptors (Lipinski definition) is 3. The van der Waals surface area contributed by atoms with E-state index in [0.29, 0.717) is 12.6 Å². The van der Waals surface area contributed by atoms with Gasteiger partial charge in [0, 0.05) is 32.0 Å². The van der Waals surface area contributed by atoms with Gasteiger partial charge in [-0.05, 0) is 12.8 Å². The molecule has 0 aliphatic carbocycles. The topological polar surface area (TPSA) is 50.2 Å². The van der Waals surface area contributed by atoms with E-state index in [1.165, 1.54) is 0 Å². The molecule has 1 fully saturated rings. The predicted molar refractivity (Wildman–Crippen MR) is 69.9 cm³/mol. The summed E-state index contributed by atoms with van der Waals surface area (Å²) in [5, 5.41) is 3.34. The predicted octanol–water partition coefficient (Wildman–Crippen LogP) is 0.909. The highest BCUT2D eigenvalue weighted by atomic mass is 16.2. The highest BCUT2D eigenvalue weighted by molar-refractivity contribution is 5.82. The van der Waals surface area contributed by atoms with Crippen molar-refractivity contribution in [2.24, 2.45) is 7.05 Å². The summed E-state index contributed by atoms with van der Waals surface area (Å²) in [6.07, 6.45) is 5.68. The van der Waals surface area contributed by atoms with Crippen LogP contribution in [0.5, 0.6) is 0 Å². The molecule has 1 amide bonds. The number of aromatic nitrogens is 2. The van der Waals surface area contributed by atoms with Crippen molar-refractivity contribution >= 4 is 5.91 Å². The molecule has 1 N–H and O–H groups in total. The van der Waals surface area contributed by atoms with E-state index in [1.54, 1.807) is 6.20 Å². The van der Waals surface area contributed by atoms with Crippen molar-refractivity contribution in [2.45, 2.75) is 45.3 Å². The van der Waals surface area contributed by atoms with Gasteiger partial charge in [0.25, 0.3) is 0 Å². The van der Waals surface area contributed by atoms with Gasteiger partial charge < -0.3 is 14.8 Å². The molecule has 5 heteroatoms. The van der Waals surface area contributed by atoms with Gasteiger partial charge in [-0.3, -0.25) is 4.79 Å². The zero-order valence-electron chi connectivity index (χ0n) is 11.4. The smallest absolute Gasteiger partial charge is 0.240 e. The lowest BCUT2D eigenvalue weighted by atomic mass is 10.0. The Kier molecular flexibility index (Phi) is 4.01. The summed E-state index contributed by atoms with van der Waals surface area (Å²) in [6, 6.07) is 0.311. The van der Waals surface area contributed by atoms with Crippen LogP contribution in [0.3, 0.4) is 0 Å². The number of rotatable bonds is 4. The number of carbonyl (C=O) groups excluding carboxylic acids is 1. The van der Waals surface area contributed by atoms with Gasteiger partial charge in [0.15, 0.2) is 0 Å². The van der Waals surface area contributed by atoms with Crippen LogP contribution in [0.1, 0.15) is 32.5 Å². The third kappa shape index (κ3) is 2.90. The number of nitrogens with zero attached hydrogens (tertiary/aromatic N) is 3. The molecule has 0 spiro atoms. The number of amides is 1. The highest BCUT2D eigenvalue weighted by Crippen LogP contribution is 2.14. The normalized spacial score (nSPS) is 20.8. The zero-order chi connectivity index (χ0) is 13.1. The molecule has 5 nitrogen and oxygen atoms in total. The second-order valence-corrected chi connectivity index (χ2v) is 5.23.